The molecule has 1 fully saturated rings. The number of hydrogen-bond acceptors (Lipinski definition) is 6. The van der Waals surface area contributed by atoms with Gasteiger partial charge in [-0.1, -0.05) is 71.5 Å². The Bertz CT molecular complexity index is 1700. The van der Waals surface area contributed by atoms with E-state index in [1.807, 2.05) is 47.1 Å². The number of β-amino-alcohol motifs (C(OH)–C–C–N with tert-alkyl or cyclic N) is 1. The molecule has 0 spiro atoms. The average molecular weight is 676 g/mol. The summed E-state index contributed by atoms with van der Waals surface area (Å²) in [6, 6.07) is 13.1. The van der Waals surface area contributed by atoms with Crippen molar-refractivity contribution in [2.24, 2.45) is 11.7 Å². The number of ether oxygens (including phenoxy) is 1. The molecule has 1 aromatic heterocycles. The fraction of sp³-hybridized carbons (Fsp3) is 0.389. The summed E-state index contributed by atoms with van der Waals surface area (Å²) in [4.78, 5) is 15.9. The van der Waals surface area contributed by atoms with E-state index in [2.05, 4.69) is 40.3 Å². The Morgan fingerprint density at radius 1 is 1.11 bits per heavy atom. The van der Waals surface area contributed by atoms with Gasteiger partial charge in [0.15, 0.2) is 0 Å². The van der Waals surface area contributed by atoms with Gasteiger partial charge in [0.1, 0.15) is 0 Å². The molecule has 1 unspecified atom stereocenters. The van der Waals surface area contributed by atoms with Crippen LogP contribution in [0.4, 0.5) is 4.79 Å². The van der Waals surface area contributed by atoms with Crippen molar-refractivity contribution in [1.29, 1.82) is 0 Å². The average Bonchev–Trinajstić information content (AvgIpc) is 3.43. The molecular weight excluding hydrogens is 635 g/mol. The number of urea groups is 1. The molecule has 47 heavy (non-hydrogen) atoms. The van der Waals surface area contributed by atoms with Gasteiger partial charge in [-0.05, 0) is 41.8 Å². The van der Waals surface area contributed by atoms with Crippen molar-refractivity contribution in [3.63, 3.8) is 0 Å². The van der Waals surface area contributed by atoms with Crippen LogP contribution in [0.5, 0.6) is 0 Å². The Kier molecular flexibility index (Phi) is 11.0. The number of aromatic nitrogens is 2. The van der Waals surface area contributed by atoms with Gasteiger partial charge in [0.05, 0.1) is 43.1 Å². The number of carbonyl (C=O) groups is 1. The largest absolute Gasteiger partial charge is 0.390 e. The fourth-order valence-corrected chi connectivity index (χ4v) is 6.49. The van der Waals surface area contributed by atoms with E-state index in [-0.39, 0.29) is 5.92 Å². The van der Waals surface area contributed by atoms with Crippen molar-refractivity contribution in [3.8, 4) is 23.1 Å². The predicted molar refractivity (Wildman–Crippen MR) is 185 cm³/mol. The highest BCUT2D eigenvalue weighted by Gasteiger charge is 2.28. The van der Waals surface area contributed by atoms with Gasteiger partial charge >= 0.3 is 6.03 Å². The number of allylic oxidation sites excluding steroid dienone is 2. The first kappa shape index (κ1) is 33.3. The van der Waals surface area contributed by atoms with Crippen LogP contribution in [-0.2, 0) is 30.8 Å². The number of rotatable bonds is 9. The van der Waals surface area contributed by atoms with Crippen molar-refractivity contribution in [2.75, 3.05) is 45.9 Å². The molecule has 0 saturated carbocycles. The molecule has 4 N–H and O–H groups in total. The number of morpholine rings is 1. The Morgan fingerprint density at radius 2 is 1.91 bits per heavy atom. The van der Waals surface area contributed by atoms with Gasteiger partial charge in [0.25, 0.3) is 0 Å². The first-order valence-electron chi connectivity index (χ1n) is 16.1. The summed E-state index contributed by atoms with van der Waals surface area (Å²) >= 11 is 12.6. The molecule has 1 saturated heterocycles. The van der Waals surface area contributed by atoms with E-state index in [9.17, 15) is 9.90 Å². The summed E-state index contributed by atoms with van der Waals surface area (Å²) in [5.41, 5.74) is 12.4. The Morgan fingerprint density at radius 3 is 2.66 bits per heavy atom. The zero-order valence-corrected chi connectivity index (χ0v) is 27.8. The van der Waals surface area contributed by atoms with E-state index in [0.717, 1.165) is 65.7 Å². The first-order chi connectivity index (χ1) is 22.8. The normalized spacial score (nSPS) is 18.7. The number of benzene rings is 2. The van der Waals surface area contributed by atoms with E-state index in [4.69, 9.17) is 38.8 Å². The maximum absolute atomic E-state index is 12.1. The van der Waals surface area contributed by atoms with Crippen LogP contribution in [0, 0.1) is 17.8 Å². The number of amides is 2. The van der Waals surface area contributed by atoms with Gasteiger partial charge in [-0.15, -0.1) is 0 Å². The van der Waals surface area contributed by atoms with Crippen molar-refractivity contribution in [3.05, 3.63) is 98.7 Å². The second-order valence-corrected chi connectivity index (χ2v) is 13.1. The molecule has 11 heteroatoms. The minimum atomic E-state index is -0.594. The van der Waals surface area contributed by atoms with Gasteiger partial charge < -0.3 is 25.8 Å². The molecular formula is C36H40Cl2N6O3. The maximum Gasteiger partial charge on any atom is 0.315 e. The highest BCUT2D eigenvalue weighted by Crippen LogP contribution is 2.32. The summed E-state index contributed by atoms with van der Waals surface area (Å²) in [7, 11) is 0. The number of nitrogens with one attached hydrogen (secondary N) is 1. The minimum Gasteiger partial charge on any atom is -0.390 e. The van der Waals surface area contributed by atoms with Crippen LogP contribution in [0.25, 0.3) is 11.3 Å². The van der Waals surface area contributed by atoms with Crippen LogP contribution >= 0.6 is 23.2 Å². The third-order valence-corrected chi connectivity index (χ3v) is 9.36. The standard InChI is InChI=1S/C36H40Cl2N6O3/c37-30-10-6-27(7-11-30)21-40-20-26-3-1-25(2-4-26)5-8-28-19-29(9-12-33(28)38)35-32-24-43(36(39)46)14-13-34(32)44(41-35)23-31(45)22-42-15-17-47-18-16-42/h1,3-4,6-7,9-12,19,25,31,40,45H,2,13-18,20-24H2,(H2,39,46)/t25?,31-/m0/s1. The Labute approximate surface area is 286 Å². The third kappa shape index (κ3) is 8.65. The minimum absolute atomic E-state index is 0.0822. The molecule has 2 amide bonds. The first-order valence-corrected chi connectivity index (χ1v) is 16.8. The molecule has 3 aromatic rings. The molecule has 0 radical (unpaired) electrons. The molecule has 3 aliphatic rings. The zero-order valence-electron chi connectivity index (χ0n) is 26.3. The molecule has 2 aliphatic heterocycles. The van der Waals surface area contributed by atoms with Gasteiger partial charge in [0.2, 0.25) is 0 Å². The van der Waals surface area contributed by atoms with Crippen molar-refractivity contribution >= 4 is 29.2 Å². The van der Waals surface area contributed by atoms with Crippen LogP contribution in [0.15, 0.2) is 66.3 Å². The number of nitrogens with zero attached hydrogens (tertiary/aromatic N) is 4. The van der Waals surface area contributed by atoms with Crippen molar-refractivity contribution < 1.29 is 14.6 Å². The van der Waals surface area contributed by atoms with Crippen molar-refractivity contribution in [1.82, 2.24) is 24.9 Å². The Hall–Kier alpha value is -3.62. The maximum atomic E-state index is 12.1. The van der Waals surface area contributed by atoms with Crippen molar-refractivity contribution in [2.45, 2.75) is 38.6 Å². The van der Waals surface area contributed by atoms with Gasteiger partial charge in [0, 0.05) is 79.0 Å². The molecule has 9 nitrogen and oxygen atoms in total. The van der Waals surface area contributed by atoms with E-state index in [1.165, 1.54) is 11.1 Å². The zero-order chi connectivity index (χ0) is 32.8. The number of aliphatic hydroxyl groups is 1. The van der Waals surface area contributed by atoms with Gasteiger partial charge in [-0.3, -0.25) is 9.58 Å². The summed E-state index contributed by atoms with van der Waals surface area (Å²) in [6.45, 7) is 6.29. The summed E-state index contributed by atoms with van der Waals surface area (Å²) < 4.78 is 7.34. The second-order valence-electron chi connectivity index (χ2n) is 12.2. The molecule has 0 bridgehead atoms. The van der Waals surface area contributed by atoms with Crippen LogP contribution in [-0.4, -0.2) is 82.8 Å². The lowest BCUT2D eigenvalue weighted by Gasteiger charge is -2.29. The van der Waals surface area contributed by atoms with Gasteiger partial charge in [-0.2, -0.15) is 5.10 Å². The third-order valence-electron chi connectivity index (χ3n) is 8.78. The number of halogens is 2. The molecule has 2 aromatic carbocycles. The van der Waals surface area contributed by atoms with E-state index < -0.39 is 12.1 Å². The molecule has 3 heterocycles. The topological polar surface area (TPSA) is 109 Å². The van der Waals surface area contributed by atoms with Crippen LogP contribution in [0.2, 0.25) is 10.0 Å². The Balaban J connectivity index is 1.15. The SMILES string of the molecule is NC(=O)N1CCc2c(c(-c3ccc(Cl)c(C#CC4C=CC(CNCc5ccc(Cl)cc5)=CC4)c3)nn2C[C@@H](O)CN2CCOCC2)C1. The van der Waals surface area contributed by atoms with Crippen LogP contribution in [0.3, 0.4) is 0 Å². The molecule has 2 atom stereocenters. The summed E-state index contributed by atoms with van der Waals surface area (Å²) in [5.74, 6) is 6.77. The van der Waals surface area contributed by atoms with E-state index >= 15 is 0 Å². The molecule has 246 valence electrons. The number of fused-ring (bicyclic) bond motifs is 1. The highest BCUT2D eigenvalue weighted by atomic mass is 35.5. The quantitative estimate of drug-likeness (QED) is 0.286. The summed E-state index contributed by atoms with van der Waals surface area (Å²) in [5, 5.41) is 20.8. The van der Waals surface area contributed by atoms with Crippen LogP contribution < -0.4 is 11.1 Å². The number of carbonyl (C=O) groups excluding carboxylic acids is 1. The lowest BCUT2D eigenvalue weighted by Crippen LogP contribution is -2.42. The van der Waals surface area contributed by atoms with Gasteiger partial charge in [-0.25, -0.2) is 4.79 Å². The summed E-state index contributed by atoms with van der Waals surface area (Å²) in [6.07, 6.45) is 7.34. The van der Waals surface area contributed by atoms with Crippen LogP contribution in [0.1, 0.15) is 28.8 Å². The number of aliphatic hydroxyl groups excluding tert-OH is 1. The van der Waals surface area contributed by atoms with E-state index in [1.54, 1.807) is 4.90 Å². The molecule has 1 aliphatic carbocycles. The van der Waals surface area contributed by atoms with E-state index in [0.29, 0.717) is 50.8 Å². The lowest BCUT2D eigenvalue weighted by molar-refractivity contribution is 0.0106. The highest BCUT2D eigenvalue weighted by molar-refractivity contribution is 6.31. The predicted octanol–water partition coefficient (Wildman–Crippen LogP) is 4.63. The number of primary amides is 1. The monoisotopic (exact) mass is 674 g/mol. The lowest BCUT2D eigenvalue weighted by atomic mass is 9.96. The number of hydrogen-bond donors (Lipinski definition) is 3. The molecule has 6 rings (SSSR count). The second kappa shape index (κ2) is 15.5. The number of nitrogens with two attached hydrogens (primary N) is 1. The fourth-order valence-electron chi connectivity index (χ4n) is 6.20. The smallest absolute Gasteiger partial charge is 0.315 e.